The van der Waals surface area contributed by atoms with Gasteiger partial charge in [0.1, 0.15) is 0 Å². The fourth-order valence-electron chi connectivity index (χ4n) is 0.516. The zero-order valence-corrected chi connectivity index (χ0v) is 6.39. The molecular formula is C7H14N2. The van der Waals surface area contributed by atoms with E-state index < -0.39 is 0 Å². The van der Waals surface area contributed by atoms with E-state index in [-0.39, 0.29) is 0 Å². The SMILES string of the molecule is CCC/N=C(C)\C=N/C. The third-order valence-corrected chi connectivity index (χ3v) is 0.901. The van der Waals surface area contributed by atoms with Crippen LogP contribution in [-0.2, 0) is 0 Å². The van der Waals surface area contributed by atoms with Crippen LogP contribution in [0.4, 0.5) is 0 Å². The second kappa shape index (κ2) is 5.48. The van der Waals surface area contributed by atoms with Crippen molar-refractivity contribution in [3.8, 4) is 0 Å². The Morgan fingerprint density at radius 2 is 2.22 bits per heavy atom. The second-order valence-electron chi connectivity index (χ2n) is 1.91. The Bertz CT molecular complexity index is 114. The van der Waals surface area contributed by atoms with E-state index in [0.29, 0.717) is 0 Å². The largest absolute Gasteiger partial charge is 0.295 e. The average Bonchev–Trinajstić information content (AvgIpc) is 1.85. The minimum absolute atomic E-state index is 0.915. The van der Waals surface area contributed by atoms with E-state index in [9.17, 15) is 0 Å². The standard InChI is InChI=1S/C7H14N2/c1-4-5-9-7(2)6-8-3/h6H,4-5H2,1-3H3/b8-6-,9-7-. The lowest BCUT2D eigenvalue weighted by Gasteiger charge is -1.88. The van der Waals surface area contributed by atoms with Gasteiger partial charge in [-0.05, 0) is 13.3 Å². The van der Waals surface area contributed by atoms with Crippen molar-refractivity contribution in [2.75, 3.05) is 13.6 Å². The van der Waals surface area contributed by atoms with Gasteiger partial charge in [-0.2, -0.15) is 0 Å². The molecule has 0 spiro atoms. The summed E-state index contributed by atoms with van der Waals surface area (Å²) in [4.78, 5) is 8.03. The predicted octanol–water partition coefficient (Wildman–Crippen LogP) is 1.56. The molecule has 0 aliphatic heterocycles. The molecule has 0 atom stereocenters. The molecule has 0 unspecified atom stereocenters. The maximum absolute atomic E-state index is 4.20. The van der Waals surface area contributed by atoms with Crippen LogP contribution >= 0.6 is 0 Å². The molecule has 0 aromatic rings. The Labute approximate surface area is 56.7 Å². The van der Waals surface area contributed by atoms with E-state index in [1.54, 1.807) is 13.3 Å². The van der Waals surface area contributed by atoms with Gasteiger partial charge in [0.05, 0.1) is 0 Å². The Kier molecular flexibility index (Phi) is 5.07. The van der Waals surface area contributed by atoms with Gasteiger partial charge in [0.2, 0.25) is 0 Å². The lowest BCUT2D eigenvalue weighted by atomic mass is 10.4. The number of hydrogen-bond donors (Lipinski definition) is 0. The van der Waals surface area contributed by atoms with Crippen LogP contribution in [0.5, 0.6) is 0 Å². The molecule has 0 saturated carbocycles. The number of hydrogen-bond acceptors (Lipinski definition) is 2. The van der Waals surface area contributed by atoms with Crippen molar-refractivity contribution >= 4 is 11.9 Å². The van der Waals surface area contributed by atoms with Crippen molar-refractivity contribution in [1.29, 1.82) is 0 Å². The third kappa shape index (κ3) is 5.21. The highest BCUT2D eigenvalue weighted by Crippen LogP contribution is 1.79. The van der Waals surface area contributed by atoms with Crippen LogP contribution < -0.4 is 0 Å². The molecule has 52 valence electrons. The molecule has 0 fully saturated rings. The van der Waals surface area contributed by atoms with Gasteiger partial charge in [0.25, 0.3) is 0 Å². The van der Waals surface area contributed by atoms with Crippen molar-refractivity contribution in [1.82, 2.24) is 0 Å². The molecule has 0 amide bonds. The highest BCUT2D eigenvalue weighted by Gasteiger charge is 1.79. The van der Waals surface area contributed by atoms with E-state index in [2.05, 4.69) is 16.9 Å². The average molecular weight is 126 g/mol. The summed E-state index contributed by atoms with van der Waals surface area (Å²) < 4.78 is 0. The van der Waals surface area contributed by atoms with Gasteiger partial charge in [-0.3, -0.25) is 9.98 Å². The lowest BCUT2D eigenvalue weighted by molar-refractivity contribution is 0.934. The summed E-state index contributed by atoms with van der Waals surface area (Å²) in [6, 6.07) is 0. The third-order valence-electron chi connectivity index (χ3n) is 0.901. The molecule has 0 radical (unpaired) electrons. The van der Waals surface area contributed by atoms with Gasteiger partial charge in [-0.1, -0.05) is 6.92 Å². The van der Waals surface area contributed by atoms with Gasteiger partial charge >= 0.3 is 0 Å². The predicted molar refractivity (Wildman–Crippen MR) is 42.7 cm³/mol. The van der Waals surface area contributed by atoms with Crippen LogP contribution in [0, 0.1) is 0 Å². The summed E-state index contributed by atoms with van der Waals surface area (Å²) in [5, 5.41) is 0. The van der Waals surface area contributed by atoms with Crippen LogP contribution in [0.15, 0.2) is 9.98 Å². The van der Waals surface area contributed by atoms with Crippen molar-refractivity contribution in [3.05, 3.63) is 0 Å². The first-order valence-electron chi connectivity index (χ1n) is 3.24. The highest BCUT2D eigenvalue weighted by molar-refractivity contribution is 6.29. The summed E-state index contributed by atoms with van der Waals surface area (Å²) in [6.07, 6.45) is 2.88. The molecular weight excluding hydrogens is 112 g/mol. The van der Waals surface area contributed by atoms with E-state index >= 15 is 0 Å². The topological polar surface area (TPSA) is 24.7 Å². The molecule has 2 nitrogen and oxygen atoms in total. The number of aliphatic imine (C=N–C) groups is 2. The Morgan fingerprint density at radius 1 is 1.56 bits per heavy atom. The minimum atomic E-state index is 0.915. The summed E-state index contributed by atoms with van der Waals surface area (Å²) >= 11 is 0. The lowest BCUT2D eigenvalue weighted by Crippen LogP contribution is -1.93. The van der Waals surface area contributed by atoms with Crippen LogP contribution in [0.3, 0.4) is 0 Å². The summed E-state index contributed by atoms with van der Waals surface area (Å²) in [5.74, 6) is 0. The molecule has 0 aromatic carbocycles. The second-order valence-corrected chi connectivity index (χ2v) is 1.91. The minimum Gasteiger partial charge on any atom is -0.295 e. The quantitative estimate of drug-likeness (QED) is 0.513. The van der Waals surface area contributed by atoms with Gasteiger partial charge in [0, 0.05) is 25.5 Å². The molecule has 0 heterocycles. The van der Waals surface area contributed by atoms with Crippen LogP contribution in [0.1, 0.15) is 20.3 Å². The van der Waals surface area contributed by atoms with Crippen molar-refractivity contribution in [3.63, 3.8) is 0 Å². The van der Waals surface area contributed by atoms with Gasteiger partial charge < -0.3 is 0 Å². The fourth-order valence-corrected chi connectivity index (χ4v) is 0.516. The first-order valence-corrected chi connectivity index (χ1v) is 3.24. The van der Waals surface area contributed by atoms with Gasteiger partial charge in [0.15, 0.2) is 0 Å². The van der Waals surface area contributed by atoms with E-state index in [4.69, 9.17) is 0 Å². The van der Waals surface area contributed by atoms with Crippen molar-refractivity contribution in [2.45, 2.75) is 20.3 Å². The van der Waals surface area contributed by atoms with Crippen LogP contribution in [0.2, 0.25) is 0 Å². The van der Waals surface area contributed by atoms with Crippen LogP contribution in [0.25, 0.3) is 0 Å². The Balaban J connectivity index is 3.55. The maximum Gasteiger partial charge on any atom is 0.0495 e. The van der Waals surface area contributed by atoms with E-state index in [1.807, 2.05) is 6.92 Å². The highest BCUT2D eigenvalue weighted by atomic mass is 14.7. The molecule has 0 saturated heterocycles. The van der Waals surface area contributed by atoms with Crippen molar-refractivity contribution < 1.29 is 0 Å². The molecule has 0 rings (SSSR count). The molecule has 9 heavy (non-hydrogen) atoms. The van der Waals surface area contributed by atoms with Crippen molar-refractivity contribution in [2.24, 2.45) is 9.98 Å². The fraction of sp³-hybridized carbons (Fsp3) is 0.714. The van der Waals surface area contributed by atoms with Gasteiger partial charge in [-0.25, -0.2) is 0 Å². The summed E-state index contributed by atoms with van der Waals surface area (Å²) in [5.41, 5.74) is 1.01. The monoisotopic (exact) mass is 126 g/mol. The smallest absolute Gasteiger partial charge is 0.0495 e. The zero-order chi connectivity index (χ0) is 7.11. The van der Waals surface area contributed by atoms with E-state index in [1.165, 1.54) is 0 Å². The summed E-state index contributed by atoms with van der Waals surface area (Å²) in [7, 11) is 1.75. The maximum atomic E-state index is 4.20. The summed E-state index contributed by atoms with van der Waals surface area (Å²) in [6.45, 7) is 4.99. The number of nitrogens with zero attached hydrogens (tertiary/aromatic N) is 2. The normalized spacial score (nSPS) is 13.0. The van der Waals surface area contributed by atoms with E-state index in [0.717, 1.165) is 18.7 Å². The zero-order valence-electron chi connectivity index (χ0n) is 6.39. The van der Waals surface area contributed by atoms with Crippen LogP contribution in [-0.4, -0.2) is 25.5 Å². The first-order chi connectivity index (χ1) is 4.31. The molecule has 0 aliphatic carbocycles. The Morgan fingerprint density at radius 3 is 2.67 bits per heavy atom. The molecule has 0 N–H and O–H groups in total. The molecule has 2 heteroatoms. The first kappa shape index (κ1) is 8.34. The molecule has 0 aliphatic rings. The molecule has 0 aromatic heterocycles. The van der Waals surface area contributed by atoms with Gasteiger partial charge in [-0.15, -0.1) is 0 Å². The Hall–Kier alpha value is -0.660. The molecule has 0 bridgehead atoms. The number of rotatable bonds is 3.